The predicted octanol–water partition coefficient (Wildman–Crippen LogP) is 2.84. The maximum atomic E-state index is 13.3. The second-order valence-corrected chi connectivity index (χ2v) is 6.31. The third-order valence-electron chi connectivity index (χ3n) is 4.18. The van der Waals surface area contributed by atoms with Crippen molar-refractivity contribution in [3.63, 3.8) is 0 Å². The van der Waals surface area contributed by atoms with Gasteiger partial charge in [0.25, 0.3) is 11.8 Å². The van der Waals surface area contributed by atoms with Crippen LogP contribution in [0.5, 0.6) is 5.75 Å². The Morgan fingerprint density at radius 1 is 1.00 bits per heavy atom. The molecule has 1 aliphatic rings. The number of hydrogen-bond acceptors (Lipinski definition) is 3. The Morgan fingerprint density at radius 2 is 1.69 bits per heavy atom. The van der Waals surface area contributed by atoms with E-state index in [-0.39, 0.29) is 18.4 Å². The van der Waals surface area contributed by atoms with Crippen LogP contribution in [0, 0.1) is 5.82 Å². The first-order valence-electron chi connectivity index (χ1n) is 8.24. The number of ether oxygens (including phenoxy) is 1. The summed E-state index contributed by atoms with van der Waals surface area (Å²) in [6.07, 6.45) is 0. The molecule has 26 heavy (non-hydrogen) atoms. The van der Waals surface area contributed by atoms with E-state index >= 15 is 0 Å². The van der Waals surface area contributed by atoms with Gasteiger partial charge in [0.1, 0.15) is 11.6 Å². The van der Waals surface area contributed by atoms with E-state index in [1.165, 1.54) is 18.2 Å². The molecule has 0 radical (unpaired) electrons. The zero-order chi connectivity index (χ0) is 18.5. The number of piperazine rings is 1. The van der Waals surface area contributed by atoms with Crippen LogP contribution in [0.3, 0.4) is 0 Å². The first kappa shape index (κ1) is 18.2. The molecule has 2 amide bonds. The van der Waals surface area contributed by atoms with Gasteiger partial charge in [-0.15, -0.1) is 0 Å². The second-order valence-electron chi connectivity index (χ2n) is 5.90. The summed E-state index contributed by atoms with van der Waals surface area (Å²) < 4.78 is 18.7. The number of para-hydroxylation sites is 1. The highest BCUT2D eigenvalue weighted by Gasteiger charge is 2.25. The van der Waals surface area contributed by atoms with Gasteiger partial charge in [0, 0.05) is 31.7 Å². The van der Waals surface area contributed by atoms with Crippen LogP contribution >= 0.6 is 11.6 Å². The monoisotopic (exact) mass is 376 g/mol. The molecule has 0 atom stereocenters. The van der Waals surface area contributed by atoms with Gasteiger partial charge in [-0.1, -0.05) is 29.8 Å². The average Bonchev–Trinajstić information content (AvgIpc) is 2.66. The molecule has 3 rings (SSSR count). The Hall–Kier alpha value is -2.60. The number of hydrogen-bond donors (Lipinski definition) is 0. The summed E-state index contributed by atoms with van der Waals surface area (Å²) in [6, 6.07) is 12.6. The van der Waals surface area contributed by atoms with Crippen molar-refractivity contribution in [2.24, 2.45) is 0 Å². The third kappa shape index (κ3) is 4.32. The van der Waals surface area contributed by atoms with Gasteiger partial charge in [-0.25, -0.2) is 4.39 Å². The fraction of sp³-hybridized carbons (Fsp3) is 0.263. The van der Waals surface area contributed by atoms with Crippen molar-refractivity contribution < 1.29 is 18.7 Å². The number of halogens is 2. The lowest BCUT2D eigenvalue weighted by molar-refractivity contribution is -0.134. The van der Waals surface area contributed by atoms with Crippen LogP contribution < -0.4 is 4.74 Å². The molecule has 0 aromatic heterocycles. The van der Waals surface area contributed by atoms with Crippen molar-refractivity contribution in [3.8, 4) is 5.75 Å². The lowest BCUT2D eigenvalue weighted by atomic mass is 10.1. The Morgan fingerprint density at radius 3 is 2.38 bits per heavy atom. The van der Waals surface area contributed by atoms with Crippen LogP contribution in [0.2, 0.25) is 5.02 Å². The maximum Gasteiger partial charge on any atom is 0.260 e. The topological polar surface area (TPSA) is 49.9 Å². The molecule has 1 heterocycles. The summed E-state index contributed by atoms with van der Waals surface area (Å²) in [5.74, 6) is -0.379. The van der Waals surface area contributed by atoms with Gasteiger partial charge in [0.05, 0.1) is 5.02 Å². The Balaban J connectivity index is 1.51. The fourth-order valence-corrected chi connectivity index (χ4v) is 2.95. The van der Waals surface area contributed by atoms with Crippen LogP contribution in [0.1, 0.15) is 10.4 Å². The number of carbonyl (C=O) groups is 2. The zero-order valence-corrected chi connectivity index (χ0v) is 14.8. The fourth-order valence-electron chi connectivity index (χ4n) is 2.76. The van der Waals surface area contributed by atoms with E-state index in [0.29, 0.717) is 42.5 Å². The summed E-state index contributed by atoms with van der Waals surface area (Å²) in [5, 5.41) is 0.450. The third-order valence-corrected chi connectivity index (χ3v) is 4.49. The van der Waals surface area contributed by atoms with Gasteiger partial charge >= 0.3 is 0 Å². The zero-order valence-electron chi connectivity index (χ0n) is 14.0. The van der Waals surface area contributed by atoms with E-state index in [1.54, 1.807) is 40.1 Å². The molecule has 0 N–H and O–H groups in total. The van der Waals surface area contributed by atoms with E-state index in [4.69, 9.17) is 16.3 Å². The molecule has 0 saturated carbocycles. The minimum absolute atomic E-state index is 0.110. The lowest BCUT2D eigenvalue weighted by Gasteiger charge is -2.34. The van der Waals surface area contributed by atoms with E-state index in [1.807, 2.05) is 0 Å². The lowest BCUT2D eigenvalue weighted by Crippen LogP contribution is -2.51. The highest BCUT2D eigenvalue weighted by Crippen LogP contribution is 2.23. The number of benzene rings is 2. The average molecular weight is 377 g/mol. The van der Waals surface area contributed by atoms with Gasteiger partial charge in [-0.05, 0) is 30.3 Å². The molecule has 136 valence electrons. The molecular formula is C19H18ClFN2O3. The first-order valence-corrected chi connectivity index (χ1v) is 8.62. The van der Waals surface area contributed by atoms with E-state index in [9.17, 15) is 14.0 Å². The molecular weight excluding hydrogens is 359 g/mol. The summed E-state index contributed by atoms with van der Waals surface area (Å²) in [6.45, 7) is 1.50. The molecule has 1 saturated heterocycles. The normalized spacial score (nSPS) is 14.2. The first-order chi connectivity index (χ1) is 12.5. The Labute approximate surface area is 155 Å². The maximum absolute atomic E-state index is 13.3. The van der Waals surface area contributed by atoms with Crippen molar-refractivity contribution in [3.05, 3.63) is 64.9 Å². The van der Waals surface area contributed by atoms with Crippen molar-refractivity contribution in [2.45, 2.75) is 0 Å². The Kier molecular flexibility index (Phi) is 5.73. The summed E-state index contributed by atoms with van der Waals surface area (Å²) in [7, 11) is 0. The molecule has 0 spiro atoms. The Bertz CT molecular complexity index is 807. The standard InChI is InChI=1S/C19H18ClFN2O3/c20-16-6-1-2-7-17(16)26-13-18(24)22-8-10-23(11-9-22)19(25)14-4-3-5-15(21)12-14/h1-7,12H,8-11,13H2. The van der Waals surface area contributed by atoms with Crippen LogP contribution in [0.4, 0.5) is 4.39 Å². The molecule has 1 fully saturated rings. The predicted molar refractivity (Wildman–Crippen MR) is 95.8 cm³/mol. The van der Waals surface area contributed by atoms with E-state index in [2.05, 4.69) is 0 Å². The number of rotatable bonds is 4. The second kappa shape index (κ2) is 8.19. The largest absolute Gasteiger partial charge is 0.482 e. The highest BCUT2D eigenvalue weighted by atomic mass is 35.5. The molecule has 2 aromatic rings. The number of nitrogens with zero attached hydrogens (tertiary/aromatic N) is 2. The molecule has 0 aliphatic carbocycles. The van der Waals surface area contributed by atoms with Crippen molar-refractivity contribution in [1.82, 2.24) is 9.80 Å². The molecule has 2 aromatic carbocycles. The molecule has 5 nitrogen and oxygen atoms in total. The SMILES string of the molecule is O=C(COc1ccccc1Cl)N1CCN(C(=O)c2cccc(F)c2)CC1. The summed E-state index contributed by atoms with van der Waals surface area (Å²) in [4.78, 5) is 27.9. The summed E-state index contributed by atoms with van der Waals surface area (Å²) >= 11 is 6.00. The molecule has 1 aliphatic heterocycles. The van der Waals surface area contributed by atoms with Crippen LogP contribution in [-0.4, -0.2) is 54.4 Å². The van der Waals surface area contributed by atoms with Crippen molar-refractivity contribution >= 4 is 23.4 Å². The number of amides is 2. The van der Waals surface area contributed by atoms with Gasteiger partial charge in [-0.3, -0.25) is 9.59 Å². The minimum atomic E-state index is -0.443. The van der Waals surface area contributed by atoms with Gasteiger partial charge in [0.2, 0.25) is 0 Å². The molecule has 0 bridgehead atoms. The van der Waals surface area contributed by atoms with E-state index < -0.39 is 5.82 Å². The van der Waals surface area contributed by atoms with Crippen molar-refractivity contribution in [1.29, 1.82) is 0 Å². The number of carbonyl (C=O) groups excluding carboxylic acids is 2. The molecule has 7 heteroatoms. The summed E-state index contributed by atoms with van der Waals surface area (Å²) in [5.41, 5.74) is 0.312. The van der Waals surface area contributed by atoms with Gasteiger partial charge in [0.15, 0.2) is 6.61 Å². The smallest absolute Gasteiger partial charge is 0.260 e. The minimum Gasteiger partial charge on any atom is -0.482 e. The van der Waals surface area contributed by atoms with Crippen LogP contribution in [0.15, 0.2) is 48.5 Å². The van der Waals surface area contributed by atoms with E-state index in [0.717, 1.165) is 0 Å². The van der Waals surface area contributed by atoms with Gasteiger partial charge < -0.3 is 14.5 Å². The van der Waals surface area contributed by atoms with Crippen LogP contribution in [0.25, 0.3) is 0 Å². The highest BCUT2D eigenvalue weighted by molar-refractivity contribution is 6.32. The molecule has 0 unspecified atom stereocenters. The quantitative estimate of drug-likeness (QED) is 0.824. The van der Waals surface area contributed by atoms with Crippen LogP contribution in [-0.2, 0) is 4.79 Å². The van der Waals surface area contributed by atoms with Gasteiger partial charge in [-0.2, -0.15) is 0 Å². The van der Waals surface area contributed by atoms with Crippen molar-refractivity contribution in [2.75, 3.05) is 32.8 Å².